The second kappa shape index (κ2) is 5.81. The van der Waals surface area contributed by atoms with E-state index in [0.717, 1.165) is 6.54 Å². The molecular formula is C11H22N6O. The Bertz CT molecular complexity index is 398. The highest BCUT2D eigenvalue weighted by Gasteiger charge is 2.19. The van der Waals surface area contributed by atoms with Gasteiger partial charge in [-0.15, -0.1) is 5.10 Å². The highest BCUT2D eigenvalue weighted by atomic mass is 16.2. The molecule has 0 unspecified atom stereocenters. The van der Waals surface area contributed by atoms with Crippen molar-refractivity contribution >= 4 is 11.9 Å². The molecule has 102 valence electrons. The zero-order valence-electron chi connectivity index (χ0n) is 11.5. The van der Waals surface area contributed by atoms with Crippen LogP contribution in [0.4, 0.5) is 5.95 Å². The van der Waals surface area contributed by atoms with E-state index < -0.39 is 0 Å². The second-order valence-electron chi connectivity index (χ2n) is 5.48. The van der Waals surface area contributed by atoms with E-state index in [0.29, 0.717) is 6.54 Å². The summed E-state index contributed by atoms with van der Waals surface area (Å²) in [7, 11) is 4.03. The van der Waals surface area contributed by atoms with Crippen LogP contribution < -0.4 is 11.1 Å². The zero-order chi connectivity index (χ0) is 13.8. The summed E-state index contributed by atoms with van der Waals surface area (Å²) >= 11 is 0. The third-order valence-corrected chi connectivity index (χ3v) is 2.37. The van der Waals surface area contributed by atoms with Crippen molar-refractivity contribution in [3.05, 3.63) is 6.33 Å². The molecule has 0 radical (unpaired) electrons. The van der Waals surface area contributed by atoms with Gasteiger partial charge in [-0.1, -0.05) is 13.8 Å². The van der Waals surface area contributed by atoms with Crippen molar-refractivity contribution in [2.45, 2.75) is 20.4 Å². The Morgan fingerprint density at radius 1 is 1.56 bits per heavy atom. The number of hydrogen-bond acceptors (Lipinski definition) is 5. The Labute approximate surface area is 107 Å². The van der Waals surface area contributed by atoms with Crippen LogP contribution in [0, 0.1) is 5.41 Å². The number of amides is 1. The smallest absolute Gasteiger partial charge is 0.241 e. The quantitative estimate of drug-likeness (QED) is 0.718. The average Bonchev–Trinajstić information content (AvgIpc) is 2.59. The summed E-state index contributed by atoms with van der Waals surface area (Å²) < 4.78 is 1.42. The predicted molar refractivity (Wildman–Crippen MR) is 69.8 cm³/mol. The van der Waals surface area contributed by atoms with Crippen molar-refractivity contribution in [1.82, 2.24) is 25.0 Å². The van der Waals surface area contributed by atoms with E-state index in [9.17, 15) is 4.79 Å². The number of nitrogens with two attached hydrogens (primary N) is 1. The largest absolute Gasteiger partial charge is 0.367 e. The first-order valence-electron chi connectivity index (χ1n) is 5.85. The van der Waals surface area contributed by atoms with E-state index in [1.165, 1.54) is 11.0 Å². The molecule has 0 bridgehead atoms. The summed E-state index contributed by atoms with van der Waals surface area (Å²) in [4.78, 5) is 17.6. The van der Waals surface area contributed by atoms with Gasteiger partial charge in [0.1, 0.15) is 12.9 Å². The summed E-state index contributed by atoms with van der Waals surface area (Å²) in [6.07, 6.45) is 1.44. The Morgan fingerprint density at radius 2 is 2.22 bits per heavy atom. The number of anilines is 1. The van der Waals surface area contributed by atoms with Crippen LogP contribution in [-0.4, -0.2) is 52.8 Å². The van der Waals surface area contributed by atoms with Gasteiger partial charge in [-0.3, -0.25) is 4.79 Å². The molecule has 3 N–H and O–H groups in total. The van der Waals surface area contributed by atoms with Crippen LogP contribution in [0.2, 0.25) is 0 Å². The standard InChI is InChI=1S/C11H22N6O/c1-11(2,7-16(3)4)6-13-9(18)5-17-8-14-10(12)15-17/h8H,5-7H2,1-4H3,(H2,12,15)(H,13,18). The van der Waals surface area contributed by atoms with Crippen LogP contribution in [-0.2, 0) is 11.3 Å². The van der Waals surface area contributed by atoms with Crippen molar-refractivity contribution in [1.29, 1.82) is 0 Å². The lowest BCUT2D eigenvalue weighted by molar-refractivity contribution is -0.122. The molecule has 1 aromatic rings. The van der Waals surface area contributed by atoms with Gasteiger partial charge in [0, 0.05) is 13.1 Å². The fourth-order valence-electron chi connectivity index (χ4n) is 1.84. The fraction of sp³-hybridized carbons (Fsp3) is 0.727. The van der Waals surface area contributed by atoms with Crippen LogP contribution in [0.1, 0.15) is 13.8 Å². The summed E-state index contributed by atoms with van der Waals surface area (Å²) in [6, 6.07) is 0. The van der Waals surface area contributed by atoms with Crippen LogP contribution in [0.3, 0.4) is 0 Å². The lowest BCUT2D eigenvalue weighted by atomic mass is 9.93. The van der Waals surface area contributed by atoms with Crippen LogP contribution in [0.25, 0.3) is 0 Å². The highest BCUT2D eigenvalue weighted by Crippen LogP contribution is 2.13. The first-order valence-corrected chi connectivity index (χ1v) is 5.85. The van der Waals surface area contributed by atoms with Gasteiger partial charge in [0.05, 0.1) is 0 Å². The topological polar surface area (TPSA) is 89.1 Å². The number of hydrogen-bond donors (Lipinski definition) is 2. The molecule has 0 aromatic carbocycles. The first kappa shape index (κ1) is 14.4. The Kier molecular flexibility index (Phi) is 4.66. The SMILES string of the molecule is CN(C)CC(C)(C)CNC(=O)Cn1cnc(N)n1. The fourth-order valence-corrected chi connectivity index (χ4v) is 1.84. The van der Waals surface area contributed by atoms with Gasteiger partial charge in [0.15, 0.2) is 0 Å². The second-order valence-corrected chi connectivity index (χ2v) is 5.48. The number of carbonyl (C=O) groups is 1. The molecule has 0 saturated heterocycles. The van der Waals surface area contributed by atoms with E-state index in [2.05, 4.69) is 34.1 Å². The van der Waals surface area contributed by atoms with E-state index in [-0.39, 0.29) is 23.8 Å². The summed E-state index contributed by atoms with van der Waals surface area (Å²) in [5, 5.41) is 6.75. The van der Waals surface area contributed by atoms with Crippen molar-refractivity contribution in [2.75, 3.05) is 32.9 Å². The molecule has 7 heteroatoms. The predicted octanol–water partition coefficient (Wildman–Crippen LogP) is -0.436. The molecular weight excluding hydrogens is 232 g/mol. The molecule has 7 nitrogen and oxygen atoms in total. The molecule has 0 aliphatic heterocycles. The molecule has 0 spiro atoms. The highest BCUT2D eigenvalue weighted by molar-refractivity contribution is 5.75. The van der Waals surface area contributed by atoms with Gasteiger partial charge in [0.25, 0.3) is 0 Å². The Morgan fingerprint density at radius 3 is 2.72 bits per heavy atom. The summed E-state index contributed by atoms with van der Waals surface area (Å²) in [6.45, 7) is 5.89. The van der Waals surface area contributed by atoms with Crippen molar-refractivity contribution < 1.29 is 4.79 Å². The number of carbonyl (C=O) groups excluding carboxylic acids is 1. The van der Waals surface area contributed by atoms with Crippen LogP contribution in [0.15, 0.2) is 6.33 Å². The van der Waals surface area contributed by atoms with Gasteiger partial charge in [-0.05, 0) is 19.5 Å². The maximum absolute atomic E-state index is 11.7. The number of nitrogens with zero attached hydrogens (tertiary/aromatic N) is 4. The third kappa shape index (κ3) is 5.13. The average molecular weight is 254 g/mol. The van der Waals surface area contributed by atoms with Crippen molar-refractivity contribution in [3.8, 4) is 0 Å². The zero-order valence-corrected chi connectivity index (χ0v) is 11.5. The minimum Gasteiger partial charge on any atom is -0.367 e. The molecule has 0 saturated carbocycles. The molecule has 1 rings (SSSR count). The van der Waals surface area contributed by atoms with E-state index in [4.69, 9.17) is 5.73 Å². The Hall–Kier alpha value is -1.63. The number of nitrogen functional groups attached to an aromatic ring is 1. The summed E-state index contributed by atoms with van der Waals surface area (Å²) in [5.74, 6) is 0.0856. The Balaban J connectivity index is 2.37. The van der Waals surface area contributed by atoms with Crippen LogP contribution >= 0.6 is 0 Å². The van der Waals surface area contributed by atoms with E-state index >= 15 is 0 Å². The number of nitrogens with one attached hydrogen (secondary N) is 1. The minimum atomic E-state index is -0.0910. The minimum absolute atomic E-state index is 0.0283. The third-order valence-electron chi connectivity index (χ3n) is 2.37. The number of aromatic nitrogens is 3. The van der Waals surface area contributed by atoms with Gasteiger partial charge in [0.2, 0.25) is 11.9 Å². The maximum atomic E-state index is 11.7. The van der Waals surface area contributed by atoms with Gasteiger partial charge in [-0.25, -0.2) is 9.67 Å². The van der Waals surface area contributed by atoms with E-state index in [1.807, 2.05) is 14.1 Å². The van der Waals surface area contributed by atoms with Gasteiger partial charge in [-0.2, -0.15) is 0 Å². The molecule has 0 fully saturated rings. The molecule has 0 atom stereocenters. The molecule has 0 aliphatic rings. The van der Waals surface area contributed by atoms with E-state index in [1.54, 1.807) is 0 Å². The molecule has 0 aliphatic carbocycles. The number of rotatable bonds is 6. The van der Waals surface area contributed by atoms with Gasteiger partial charge < -0.3 is 16.0 Å². The van der Waals surface area contributed by atoms with Crippen LogP contribution in [0.5, 0.6) is 0 Å². The molecule has 1 heterocycles. The van der Waals surface area contributed by atoms with Crippen molar-refractivity contribution in [2.24, 2.45) is 5.41 Å². The first-order chi connectivity index (χ1) is 8.28. The monoisotopic (exact) mass is 254 g/mol. The lowest BCUT2D eigenvalue weighted by Crippen LogP contribution is -2.41. The summed E-state index contributed by atoms with van der Waals surface area (Å²) in [5.41, 5.74) is 5.40. The van der Waals surface area contributed by atoms with Crippen molar-refractivity contribution in [3.63, 3.8) is 0 Å². The maximum Gasteiger partial charge on any atom is 0.241 e. The normalized spacial score (nSPS) is 11.8. The molecule has 18 heavy (non-hydrogen) atoms. The van der Waals surface area contributed by atoms with Gasteiger partial charge >= 0.3 is 0 Å². The molecule has 1 amide bonds. The molecule has 1 aromatic heterocycles. The lowest BCUT2D eigenvalue weighted by Gasteiger charge is -2.28.